The van der Waals surface area contributed by atoms with Gasteiger partial charge in [-0.15, -0.1) is 0 Å². The first-order valence-corrected chi connectivity index (χ1v) is 7.68. The van der Waals surface area contributed by atoms with E-state index in [0.717, 1.165) is 16.9 Å². The van der Waals surface area contributed by atoms with Crippen molar-refractivity contribution in [1.82, 2.24) is 0 Å². The van der Waals surface area contributed by atoms with Gasteiger partial charge in [-0.05, 0) is 55.7 Å². The third-order valence-corrected chi connectivity index (χ3v) is 4.35. The van der Waals surface area contributed by atoms with Gasteiger partial charge in [0.05, 0.1) is 0 Å². The summed E-state index contributed by atoms with van der Waals surface area (Å²) in [6, 6.07) is 13.4. The minimum absolute atomic E-state index is 0.0775. The van der Waals surface area contributed by atoms with Crippen LogP contribution in [0.3, 0.4) is 0 Å². The normalized spacial score (nSPS) is 12.4. The molecule has 2 rings (SSSR count). The zero-order chi connectivity index (χ0) is 14.5. The first-order chi connectivity index (χ1) is 9.58. The molecule has 2 aromatic rings. The van der Waals surface area contributed by atoms with Crippen LogP contribution in [0.5, 0.6) is 0 Å². The average molecular weight is 289 g/mol. The summed E-state index contributed by atoms with van der Waals surface area (Å²) >= 11 is 1.67. The van der Waals surface area contributed by atoms with Crippen LogP contribution >= 0.6 is 11.8 Å². The lowest BCUT2D eigenvalue weighted by Gasteiger charge is -2.13. The van der Waals surface area contributed by atoms with Gasteiger partial charge in [0.25, 0.3) is 0 Å². The lowest BCUT2D eigenvalue weighted by atomic mass is 10.0. The monoisotopic (exact) mass is 289 g/mol. The second-order valence-corrected chi connectivity index (χ2v) is 6.16. The summed E-state index contributed by atoms with van der Waals surface area (Å²) in [4.78, 5) is 2.25. The fourth-order valence-electron chi connectivity index (χ4n) is 2.04. The Balaban J connectivity index is 2.26. The lowest BCUT2D eigenvalue weighted by molar-refractivity contribution is 0.610. The Labute approximate surface area is 124 Å². The highest BCUT2D eigenvalue weighted by atomic mass is 32.2. The van der Waals surface area contributed by atoms with Crippen LogP contribution in [0, 0.1) is 12.7 Å². The molecule has 3 heteroatoms. The molecule has 0 aliphatic heterocycles. The van der Waals surface area contributed by atoms with Crippen molar-refractivity contribution in [1.29, 1.82) is 0 Å². The van der Waals surface area contributed by atoms with Crippen LogP contribution in [0.4, 0.5) is 4.39 Å². The molecule has 0 aliphatic carbocycles. The minimum Gasteiger partial charge on any atom is -0.327 e. The minimum atomic E-state index is -0.197. The summed E-state index contributed by atoms with van der Waals surface area (Å²) < 4.78 is 13.5. The molecule has 0 radical (unpaired) electrons. The average Bonchev–Trinajstić information content (AvgIpc) is 2.42. The SMILES string of the molecule is CCC(N)Cc1cc(F)ccc1Sc1cccc(C)c1. The van der Waals surface area contributed by atoms with Crippen LogP contribution in [0.15, 0.2) is 52.3 Å². The quantitative estimate of drug-likeness (QED) is 0.873. The van der Waals surface area contributed by atoms with Gasteiger partial charge in [-0.25, -0.2) is 4.39 Å². The van der Waals surface area contributed by atoms with Crippen molar-refractivity contribution in [2.45, 2.75) is 42.5 Å². The number of benzene rings is 2. The molecular formula is C17H20FNS. The Morgan fingerprint density at radius 1 is 1.20 bits per heavy atom. The van der Waals surface area contributed by atoms with Crippen molar-refractivity contribution in [3.05, 3.63) is 59.4 Å². The highest BCUT2D eigenvalue weighted by Gasteiger charge is 2.09. The molecule has 0 spiro atoms. The maximum Gasteiger partial charge on any atom is 0.123 e. The Morgan fingerprint density at radius 3 is 2.70 bits per heavy atom. The largest absolute Gasteiger partial charge is 0.327 e. The van der Waals surface area contributed by atoms with E-state index in [0.29, 0.717) is 6.42 Å². The van der Waals surface area contributed by atoms with Gasteiger partial charge >= 0.3 is 0 Å². The molecule has 0 fully saturated rings. The maximum absolute atomic E-state index is 13.5. The molecule has 0 heterocycles. The number of rotatable bonds is 5. The molecule has 20 heavy (non-hydrogen) atoms. The fourth-order valence-corrected chi connectivity index (χ4v) is 3.09. The van der Waals surface area contributed by atoms with E-state index in [9.17, 15) is 4.39 Å². The van der Waals surface area contributed by atoms with Crippen molar-refractivity contribution in [3.63, 3.8) is 0 Å². The van der Waals surface area contributed by atoms with Gasteiger partial charge in [0.15, 0.2) is 0 Å². The van der Waals surface area contributed by atoms with Gasteiger partial charge < -0.3 is 5.73 Å². The van der Waals surface area contributed by atoms with Gasteiger partial charge in [-0.2, -0.15) is 0 Å². The number of aryl methyl sites for hydroxylation is 1. The Bertz CT molecular complexity index is 583. The van der Waals surface area contributed by atoms with Crippen LogP contribution in [-0.4, -0.2) is 6.04 Å². The van der Waals surface area contributed by atoms with Crippen molar-refractivity contribution in [3.8, 4) is 0 Å². The Morgan fingerprint density at radius 2 is 2.00 bits per heavy atom. The van der Waals surface area contributed by atoms with Crippen molar-refractivity contribution < 1.29 is 4.39 Å². The highest BCUT2D eigenvalue weighted by molar-refractivity contribution is 7.99. The molecule has 106 valence electrons. The molecule has 0 saturated carbocycles. The highest BCUT2D eigenvalue weighted by Crippen LogP contribution is 2.32. The number of nitrogens with two attached hydrogens (primary N) is 1. The zero-order valence-electron chi connectivity index (χ0n) is 11.9. The predicted molar refractivity (Wildman–Crippen MR) is 83.7 cm³/mol. The van der Waals surface area contributed by atoms with Gasteiger partial charge in [-0.3, -0.25) is 0 Å². The summed E-state index contributed by atoms with van der Waals surface area (Å²) in [5.74, 6) is -0.197. The van der Waals surface area contributed by atoms with E-state index < -0.39 is 0 Å². The second-order valence-electron chi connectivity index (χ2n) is 5.04. The molecule has 0 aromatic heterocycles. The van der Waals surface area contributed by atoms with E-state index >= 15 is 0 Å². The Kier molecular flexibility index (Phi) is 5.21. The number of hydrogen-bond donors (Lipinski definition) is 1. The maximum atomic E-state index is 13.5. The van der Waals surface area contributed by atoms with Crippen molar-refractivity contribution >= 4 is 11.8 Å². The predicted octanol–water partition coefficient (Wildman–Crippen LogP) is 4.57. The molecule has 1 nitrogen and oxygen atoms in total. The van der Waals surface area contributed by atoms with Crippen LogP contribution in [0.25, 0.3) is 0 Å². The van der Waals surface area contributed by atoms with Crippen LogP contribution in [-0.2, 0) is 6.42 Å². The summed E-state index contributed by atoms with van der Waals surface area (Å²) in [5, 5.41) is 0. The van der Waals surface area contributed by atoms with Gasteiger partial charge in [0.2, 0.25) is 0 Å². The topological polar surface area (TPSA) is 26.0 Å². The first-order valence-electron chi connectivity index (χ1n) is 6.87. The molecule has 1 atom stereocenters. The van der Waals surface area contributed by atoms with E-state index in [1.54, 1.807) is 17.8 Å². The molecule has 0 aliphatic rings. The van der Waals surface area contributed by atoms with Gasteiger partial charge in [-0.1, -0.05) is 36.4 Å². The molecule has 0 amide bonds. The van der Waals surface area contributed by atoms with E-state index in [4.69, 9.17) is 5.73 Å². The van der Waals surface area contributed by atoms with E-state index in [1.165, 1.54) is 16.5 Å². The molecule has 0 saturated heterocycles. The smallest absolute Gasteiger partial charge is 0.123 e. The number of halogens is 1. The lowest BCUT2D eigenvalue weighted by Crippen LogP contribution is -2.21. The van der Waals surface area contributed by atoms with Crippen LogP contribution in [0.1, 0.15) is 24.5 Å². The molecule has 0 bridgehead atoms. The summed E-state index contributed by atoms with van der Waals surface area (Å²) in [7, 11) is 0. The van der Waals surface area contributed by atoms with Gasteiger partial charge in [0.1, 0.15) is 5.82 Å². The second kappa shape index (κ2) is 6.91. The molecule has 1 unspecified atom stereocenters. The summed E-state index contributed by atoms with van der Waals surface area (Å²) in [6.07, 6.45) is 1.60. The first kappa shape index (κ1) is 15.1. The molecular weight excluding hydrogens is 269 g/mol. The standard InChI is InChI=1S/C17H20FNS/c1-3-15(19)11-13-10-14(18)7-8-17(13)20-16-6-4-5-12(2)9-16/h4-10,15H,3,11,19H2,1-2H3. The van der Waals surface area contributed by atoms with E-state index in [1.807, 2.05) is 12.1 Å². The van der Waals surface area contributed by atoms with E-state index in [-0.39, 0.29) is 11.9 Å². The van der Waals surface area contributed by atoms with Crippen molar-refractivity contribution in [2.75, 3.05) is 0 Å². The van der Waals surface area contributed by atoms with Gasteiger partial charge in [0, 0.05) is 15.8 Å². The van der Waals surface area contributed by atoms with E-state index in [2.05, 4.69) is 32.0 Å². The summed E-state index contributed by atoms with van der Waals surface area (Å²) in [6.45, 7) is 4.12. The zero-order valence-corrected chi connectivity index (χ0v) is 12.7. The third-order valence-electron chi connectivity index (χ3n) is 3.25. The molecule has 2 aromatic carbocycles. The molecule has 2 N–H and O–H groups in total. The Hall–Kier alpha value is -1.32. The van der Waals surface area contributed by atoms with Crippen LogP contribution in [0.2, 0.25) is 0 Å². The summed E-state index contributed by atoms with van der Waals surface area (Å²) in [5.41, 5.74) is 8.23. The van der Waals surface area contributed by atoms with Crippen molar-refractivity contribution in [2.24, 2.45) is 5.73 Å². The number of hydrogen-bond acceptors (Lipinski definition) is 2. The third kappa shape index (κ3) is 4.09. The fraction of sp³-hybridized carbons (Fsp3) is 0.294. The van der Waals surface area contributed by atoms with Crippen LogP contribution < -0.4 is 5.73 Å².